The maximum Gasteiger partial charge on any atom is 0.264 e. The third-order valence-corrected chi connectivity index (χ3v) is 6.19. The minimum absolute atomic E-state index is 0.0516. The average molecular weight is 427 g/mol. The average Bonchev–Trinajstić information content (AvgIpc) is 2.60. The van der Waals surface area contributed by atoms with E-state index in [2.05, 4.69) is 4.98 Å². The number of hydrogen-bond donors (Lipinski definition) is 2. The van der Waals surface area contributed by atoms with Gasteiger partial charge < -0.3 is 9.72 Å². The number of H-pyrrole nitrogens is 1. The molecule has 1 aromatic heterocycles. The fourth-order valence-corrected chi connectivity index (χ4v) is 4.29. The molecule has 0 spiro atoms. The molecule has 0 aliphatic rings. The van der Waals surface area contributed by atoms with Crippen LogP contribution in [0.15, 0.2) is 46.2 Å². The number of carbonyl (C=O) groups excluding carboxylic acids is 1. The Morgan fingerprint density at radius 2 is 1.93 bits per heavy atom. The van der Waals surface area contributed by atoms with Crippen molar-refractivity contribution in [3.8, 4) is 5.75 Å². The van der Waals surface area contributed by atoms with Crippen LogP contribution in [0.3, 0.4) is 0 Å². The Labute approximate surface area is 165 Å². The van der Waals surface area contributed by atoms with Gasteiger partial charge >= 0.3 is 0 Å². The molecule has 0 radical (unpaired) electrons. The van der Waals surface area contributed by atoms with Crippen LogP contribution in [0.1, 0.15) is 24.6 Å². The van der Waals surface area contributed by atoms with Crippen molar-refractivity contribution < 1.29 is 22.2 Å². The zero-order valence-corrected chi connectivity index (χ0v) is 17.2. The number of rotatable bonds is 9. The molecular formula is C18H22N2O6S2. The van der Waals surface area contributed by atoms with Crippen LogP contribution >= 0.6 is 0 Å². The molecule has 2 rings (SSSR count). The molecular weight excluding hydrogens is 404 g/mol. The minimum atomic E-state index is -4.02. The Kier molecular flexibility index (Phi) is 7.53. The highest BCUT2D eigenvalue weighted by Gasteiger charge is 2.19. The van der Waals surface area contributed by atoms with Crippen LogP contribution in [-0.4, -0.2) is 35.9 Å². The van der Waals surface area contributed by atoms with E-state index in [1.54, 1.807) is 12.1 Å². The van der Waals surface area contributed by atoms with Crippen LogP contribution in [0.4, 0.5) is 0 Å². The van der Waals surface area contributed by atoms with Gasteiger partial charge in [0.05, 0.1) is 17.3 Å². The Morgan fingerprint density at radius 1 is 1.25 bits per heavy atom. The summed E-state index contributed by atoms with van der Waals surface area (Å²) in [5, 5.41) is 0. The van der Waals surface area contributed by atoms with Crippen molar-refractivity contribution in [2.45, 2.75) is 30.9 Å². The Morgan fingerprint density at radius 3 is 2.54 bits per heavy atom. The lowest BCUT2D eigenvalue weighted by Gasteiger charge is -2.08. The quantitative estimate of drug-likeness (QED) is 0.622. The van der Waals surface area contributed by atoms with Gasteiger partial charge in [-0.1, -0.05) is 24.6 Å². The molecule has 152 valence electrons. The van der Waals surface area contributed by atoms with Crippen molar-refractivity contribution >= 4 is 26.7 Å². The van der Waals surface area contributed by atoms with Crippen molar-refractivity contribution in [1.29, 1.82) is 0 Å². The number of hydrogen-bond acceptors (Lipinski definition) is 6. The van der Waals surface area contributed by atoms with E-state index >= 15 is 0 Å². The number of ether oxygens (including phenoxy) is 1. The molecule has 1 aromatic carbocycles. The number of aromatic amines is 1. The highest BCUT2D eigenvalue weighted by molar-refractivity contribution is 7.90. The summed E-state index contributed by atoms with van der Waals surface area (Å²) in [5.41, 5.74) is 0.887. The largest absolute Gasteiger partial charge is 0.488 e. The third kappa shape index (κ3) is 6.31. The van der Waals surface area contributed by atoms with Gasteiger partial charge in [-0.15, -0.1) is 0 Å². The van der Waals surface area contributed by atoms with E-state index in [0.717, 1.165) is 12.0 Å². The topological polar surface area (TPSA) is 122 Å². The number of sulfonamides is 1. The van der Waals surface area contributed by atoms with Crippen LogP contribution in [0.5, 0.6) is 5.75 Å². The summed E-state index contributed by atoms with van der Waals surface area (Å²) in [7, 11) is -5.73. The SMILES string of the molecule is CCCOc1c[nH]c(CS(=O)CC(=O)NS(=O)(=O)c2ccc(C)cc2)cc1=O. The molecule has 1 heterocycles. The molecule has 0 bridgehead atoms. The van der Waals surface area contributed by atoms with E-state index in [1.165, 1.54) is 24.4 Å². The van der Waals surface area contributed by atoms with Gasteiger partial charge in [0, 0.05) is 28.8 Å². The number of benzene rings is 1. The van der Waals surface area contributed by atoms with Crippen LogP contribution in [-0.2, 0) is 31.4 Å². The third-order valence-electron chi connectivity index (χ3n) is 3.59. The zero-order chi connectivity index (χ0) is 20.7. The fourth-order valence-electron chi connectivity index (χ4n) is 2.23. The van der Waals surface area contributed by atoms with Gasteiger partial charge in [-0.3, -0.25) is 13.8 Å². The number of amides is 1. The van der Waals surface area contributed by atoms with Gasteiger partial charge in [-0.25, -0.2) is 13.1 Å². The molecule has 1 unspecified atom stereocenters. The smallest absolute Gasteiger partial charge is 0.264 e. The van der Waals surface area contributed by atoms with E-state index in [0.29, 0.717) is 12.3 Å². The van der Waals surface area contributed by atoms with E-state index in [9.17, 15) is 22.2 Å². The van der Waals surface area contributed by atoms with Crippen molar-refractivity contribution in [3.63, 3.8) is 0 Å². The summed E-state index contributed by atoms with van der Waals surface area (Å²) < 4.78 is 43.7. The number of nitrogens with one attached hydrogen (secondary N) is 2. The normalized spacial score (nSPS) is 12.4. The van der Waals surface area contributed by atoms with Crippen LogP contribution in [0, 0.1) is 6.92 Å². The summed E-state index contributed by atoms with van der Waals surface area (Å²) in [6.07, 6.45) is 2.14. The molecule has 1 atom stereocenters. The molecule has 2 N–H and O–H groups in total. The maximum atomic E-state index is 12.2. The first kappa shape index (κ1) is 21.8. The van der Waals surface area contributed by atoms with Gasteiger partial charge in [0.15, 0.2) is 5.75 Å². The summed E-state index contributed by atoms with van der Waals surface area (Å²) in [6, 6.07) is 7.25. The predicted molar refractivity (Wildman–Crippen MR) is 106 cm³/mol. The number of aromatic nitrogens is 1. The monoisotopic (exact) mass is 426 g/mol. The van der Waals surface area contributed by atoms with E-state index in [-0.39, 0.29) is 21.8 Å². The Balaban J connectivity index is 1.95. The van der Waals surface area contributed by atoms with Gasteiger partial charge in [0.25, 0.3) is 10.0 Å². The summed E-state index contributed by atoms with van der Waals surface area (Å²) in [6.45, 7) is 4.13. The first-order valence-corrected chi connectivity index (χ1v) is 11.5. The summed E-state index contributed by atoms with van der Waals surface area (Å²) in [5.74, 6) is -1.33. The molecule has 8 nitrogen and oxygen atoms in total. The summed E-state index contributed by atoms with van der Waals surface area (Å²) >= 11 is 0. The first-order valence-electron chi connectivity index (χ1n) is 8.53. The second-order valence-corrected chi connectivity index (χ2v) is 9.24. The fraction of sp³-hybridized carbons (Fsp3) is 0.333. The lowest BCUT2D eigenvalue weighted by atomic mass is 10.2. The lowest BCUT2D eigenvalue weighted by molar-refractivity contribution is -0.116. The van der Waals surface area contributed by atoms with Crippen LogP contribution in [0.25, 0.3) is 0 Å². The molecule has 1 amide bonds. The van der Waals surface area contributed by atoms with Crippen molar-refractivity contribution in [3.05, 3.63) is 58.0 Å². The van der Waals surface area contributed by atoms with Crippen LogP contribution < -0.4 is 14.9 Å². The number of pyridine rings is 1. The highest BCUT2D eigenvalue weighted by atomic mass is 32.2. The van der Waals surface area contributed by atoms with E-state index in [1.807, 2.05) is 18.6 Å². The van der Waals surface area contributed by atoms with Gasteiger partial charge in [0.2, 0.25) is 11.3 Å². The van der Waals surface area contributed by atoms with Crippen molar-refractivity contribution in [2.75, 3.05) is 12.4 Å². The lowest BCUT2D eigenvalue weighted by Crippen LogP contribution is -2.34. The van der Waals surface area contributed by atoms with E-state index in [4.69, 9.17) is 4.74 Å². The molecule has 0 saturated heterocycles. The maximum absolute atomic E-state index is 12.2. The molecule has 28 heavy (non-hydrogen) atoms. The number of carbonyl (C=O) groups is 1. The standard InChI is InChI=1S/C18H22N2O6S2/c1-3-8-26-17-10-19-14(9-16(17)21)11-27(23)12-18(22)20-28(24,25)15-6-4-13(2)5-7-15/h4-7,9-10H,3,8,11-12H2,1-2H3,(H,19,21)(H,20,22). The molecule has 0 aliphatic heterocycles. The molecule has 10 heteroatoms. The Hall–Kier alpha value is -2.46. The second-order valence-electron chi connectivity index (χ2n) is 6.11. The van der Waals surface area contributed by atoms with Gasteiger partial charge in [0.1, 0.15) is 5.75 Å². The molecule has 0 aliphatic carbocycles. The second kappa shape index (κ2) is 9.65. The molecule has 2 aromatic rings. The van der Waals surface area contributed by atoms with Crippen molar-refractivity contribution in [2.24, 2.45) is 0 Å². The molecule has 0 fully saturated rings. The predicted octanol–water partition coefficient (Wildman–Crippen LogP) is 1.23. The molecule has 0 saturated carbocycles. The highest BCUT2D eigenvalue weighted by Crippen LogP contribution is 2.10. The van der Waals surface area contributed by atoms with Crippen molar-refractivity contribution in [1.82, 2.24) is 9.71 Å². The van der Waals surface area contributed by atoms with Gasteiger partial charge in [-0.2, -0.15) is 0 Å². The zero-order valence-electron chi connectivity index (χ0n) is 15.6. The summed E-state index contributed by atoms with van der Waals surface area (Å²) in [4.78, 5) is 26.6. The van der Waals surface area contributed by atoms with Crippen LogP contribution in [0.2, 0.25) is 0 Å². The Bertz CT molecular complexity index is 1010. The first-order chi connectivity index (χ1) is 13.2. The van der Waals surface area contributed by atoms with E-state index < -0.39 is 32.5 Å². The minimum Gasteiger partial charge on any atom is -0.488 e. The number of aryl methyl sites for hydroxylation is 1. The van der Waals surface area contributed by atoms with Gasteiger partial charge in [-0.05, 0) is 25.5 Å².